The van der Waals surface area contributed by atoms with Crippen molar-refractivity contribution in [2.45, 2.75) is 129 Å². The van der Waals surface area contributed by atoms with Crippen LogP contribution < -0.4 is 24.4 Å². The number of ether oxygens (including phenoxy) is 2. The van der Waals surface area contributed by atoms with E-state index in [0.717, 1.165) is 5.56 Å². The zero-order valence-corrected chi connectivity index (χ0v) is 38.9. The third-order valence-electron chi connectivity index (χ3n) is 8.82. The van der Waals surface area contributed by atoms with Crippen LogP contribution in [-0.2, 0) is 30.5 Å². The lowest BCUT2D eigenvalue weighted by Crippen LogP contribution is -2.47. The molecule has 4 aromatic rings. The summed E-state index contributed by atoms with van der Waals surface area (Å²) in [6, 6.07) is 27.2. The van der Waals surface area contributed by atoms with Crippen molar-refractivity contribution in [3.05, 3.63) is 119 Å². The number of carbonyl (C=O) groups is 2. The van der Waals surface area contributed by atoms with Crippen LogP contribution in [0.1, 0.15) is 123 Å². The highest BCUT2D eigenvalue weighted by Gasteiger charge is 2.43. The van der Waals surface area contributed by atoms with E-state index < -0.39 is 46.8 Å². The molecule has 0 saturated heterocycles. The molecule has 0 aliphatic heterocycles. The number of guanidine groups is 1. The largest absolute Gasteiger partial charge is 0.448 e. The minimum atomic E-state index is -4.50. The first-order valence-corrected chi connectivity index (χ1v) is 23.4. The smallest absolute Gasteiger partial charge is 0.444 e. The van der Waals surface area contributed by atoms with Gasteiger partial charge in [0.15, 0.2) is 5.78 Å². The summed E-state index contributed by atoms with van der Waals surface area (Å²) in [5, 5.41) is 4.92. The second-order valence-electron chi connectivity index (χ2n) is 17.6. The molecule has 0 spiro atoms. The first-order valence-electron chi connectivity index (χ1n) is 20.3. The molecule has 15 heteroatoms. The molecule has 0 heterocycles. The van der Waals surface area contributed by atoms with E-state index in [1.165, 1.54) is 0 Å². The fourth-order valence-electron chi connectivity index (χ4n) is 6.01. The summed E-state index contributed by atoms with van der Waals surface area (Å²) < 4.78 is 71.5. The summed E-state index contributed by atoms with van der Waals surface area (Å²) in [6.07, 6.45) is -1.87. The maximum Gasteiger partial charge on any atom is 0.448 e. The molecule has 0 radical (unpaired) electrons. The molecule has 0 aliphatic carbocycles. The molecule has 2 amide bonds. The Morgan fingerprint density at radius 1 is 0.656 bits per heavy atom. The van der Waals surface area contributed by atoms with Crippen LogP contribution in [0.15, 0.2) is 107 Å². The van der Waals surface area contributed by atoms with Crippen molar-refractivity contribution in [2.75, 3.05) is 0 Å². The fraction of sp³-hybridized carbons (Fsp3) is 0.413. The lowest BCUT2D eigenvalue weighted by molar-refractivity contribution is 0.0545. The highest BCUT2D eigenvalue weighted by molar-refractivity contribution is 7.90. The number of sulfonamides is 1. The Hall–Kier alpha value is -5.17. The quantitative estimate of drug-likeness (QED) is 0.0633. The van der Waals surface area contributed by atoms with Gasteiger partial charge < -0.3 is 18.5 Å². The Balaban J connectivity index is 1.85. The molecular weight excluding hydrogens is 816 g/mol. The molecule has 0 aromatic heterocycles. The molecule has 61 heavy (non-hydrogen) atoms. The molecule has 4 aromatic carbocycles. The van der Waals surface area contributed by atoms with Crippen molar-refractivity contribution in [1.82, 2.24) is 15.4 Å². The Morgan fingerprint density at radius 2 is 1.08 bits per heavy atom. The zero-order valence-electron chi connectivity index (χ0n) is 37.2. The average Bonchev–Trinajstić information content (AvgIpc) is 3.13. The Bertz CT molecular complexity index is 2200. The number of benzene rings is 4. The van der Waals surface area contributed by atoms with Crippen molar-refractivity contribution in [1.29, 1.82) is 0 Å². The standard InChI is InChI=1S/C46H61N4O9PS/c1-30(2)34-28-38(31(3)4)41(39(29-34)32(5)6)61(54,55)50-40(60(53,58-36-19-15-13-16-20-36)59-37-21-17-14-18-22-37)27-33-23-25-35(26-24-33)47-42(48-43(51)56-45(7,8)9)49-44(52)57-46(10,11)12/h13-26,28-32,40,50H,27H2,1-12H3,(H2,47,48,49,51,52). The predicted molar refractivity (Wildman–Crippen MR) is 241 cm³/mol. The van der Waals surface area contributed by atoms with Crippen LogP contribution in [-0.4, -0.2) is 43.5 Å². The number of aliphatic imine (C=N–C) groups is 1. The minimum absolute atomic E-state index is 0.130. The van der Waals surface area contributed by atoms with E-state index in [0.29, 0.717) is 22.4 Å². The number of carbonyl (C=O) groups excluding carboxylic acids is 2. The normalized spacial score (nSPS) is 12.8. The van der Waals surface area contributed by atoms with E-state index in [-0.39, 0.29) is 46.5 Å². The van der Waals surface area contributed by atoms with Gasteiger partial charge in [-0.15, -0.1) is 0 Å². The molecule has 0 fully saturated rings. The first kappa shape index (κ1) is 48.5. The number of amides is 2. The highest BCUT2D eigenvalue weighted by Crippen LogP contribution is 2.53. The summed E-state index contributed by atoms with van der Waals surface area (Å²) in [6.45, 7) is 22.1. The SMILES string of the molecule is CC(C)c1cc(C(C)C)c(S(=O)(=O)NC(Cc2ccc(N=C(NC(=O)OC(C)(C)C)NC(=O)OC(C)(C)C)cc2)P(=O)(Oc2ccccc2)Oc2ccccc2)c(C(C)C)c1. The molecule has 0 bridgehead atoms. The van der Waals surface area contributed by atoms with Gasteiger partial charge in [0.05, 0.1) is 10.6 Å². The van der Waals surface area contributed by atoms with E-state index in [1.54, 1.807) is 126 Å². The van der Waals surface area contributed by atoms with Crippen LogP contribution in [0.25, 0.3) is 0 Å². The number of nitrogens with zero attached hydrogens (tertiary/aromatic N) is 1. The monoisotopic (exact) mass is 876 g/mol. The van der Waals surface area contributed by atoms with Gasteiger partial charge in [-0.2, -0.15) is 4.72 Å². The number of nitrogens with one attached hydrogen (secondary N) is 3. The molecule has 1 unspecified atom stereocenters. The molecule has 13 nitrogen and oxygen atoms in total. The van der Waals surface area contributed by atoms with Crippen LogP contribution in [0, 0.1) is 0 Å². The average molecular weight is 877 g/mol. The highest BCUT2D eigenvalue weighted by atomic mass is 32.2. The third-order valence-corrected chi connectivity index (χ3v) is 12.6. The second kappa shape index (κ2) is 20.1. The summed E-state index contributed by atoms with van der Waals surface area (Å²) in [4.78, 5) is 30.0. The number of para-hydroxylation sites is 2. The van der Waals surface area contributed by atoms with Crippen LogP contribution in [0.5, 0.6) is 11.5 Å². The maximum atomic E-state index is 15.5. The maximum absolute atomic E-state index is 15.5. The van der Waals surface area contributed by atoms with Crippen LogP contribution in [0.2, 0.25) is 0 Å². The van der Waals surface area contributed by atoms with Gasteiger partial charge in [0, 0.05) is 6.42 Å². The summed E-state index contributed by atoms with van der Waals surface area (Å²) in [5.74, 6) is -1.48. The fourth-order valence-corrected chi connectivity index (χ4v) is 10.3. The van der Waals surface area contributed by atoms with Crippen molar-refractivity contribution < 1.29 is 41.1 Å². The molecular formula is C46H61N4O9PS. The summed E-state index contributed by atoms with van der Waals surface area (Å²) >= 11 is 0. The van der Waals surface area contributed by atoms with Gasteiger partial charge in [0.25, 0.3) is 0 Å². The Morgan fingerprint density at radius 3 is 1.46 bits per heavy atom. The van der Waals surface area contributed by atoms with Crippen LogP contribution in [0.3, 0.4) is 0 Å². The first-order chi connectivity index (χ1) is 28.3. The molecule has 4 rings (SSSR count). The minimum Gasteiger partial charge on any atom is -0.444 e. The molecule has 0 saturated carbocycles. The van der Waals surface area contributed by atoms with E-state index in [2.05, 4.69) is 34.2 Å². The van der Waals surface area contributed by atoms with E-state index in [4.69, 9.17) is 18.5 Å². The van der Waals surface area contributed by atoms with E-state index >= 15 is 4.57 Å². The molecule has 3 N–H and O–H groups in total. The summed E-state index contributed by atoms with van der Waals surface area (Å²) in [7, 11) is -8.92. The lowest BCUT2D eigenvalue weighted by Gasteiger charge is -2.30. The van der Waals surface area contributed by atoms with Crippen LogP contribution in [0.4, 0.5) is 15.3 Å². The Labute approximate surface area is 361 Å². The van der Waals surface area contributed by atoms with Gasteiger partial charge in [-0.05, 0) is 118 Å². The van der Waals surface area contributed by atoms with Crippen molar-refractivity contribution in [3.63, 3.8) is 0 Å². The summed E-state index contributed by atoms with van der Waals surface area (Å²) in [5.41, 5.74) is 1.45. The van der Waals surface area contributed by atoms with Gasteiger partial charge in [-0.25, -0.2) is 27.6 Å². The topological polar surface area (TPSA) is 171 Å². The Kier molecular flexibility index (Phi) is 16.0. The molecule has 1 atom stereocenters. The predicted octanol–water partition coefficient (Wildman–Crippen LogP) is 11.3. The number of hydrogen-bond donors (Lipinski definition) is 3. The van der Waals surface area contributed by atoms with Crippen LogP contribution >= 0.6 is 7.60 Å². The third kappa shape index (κ3) is 14.8. The lowest BCUT2D eigenvalue weighted by atomic mass is 9.89. The van der Waals surface area contributed by atoms with E-state index in [9.17, 15) is 18.0 Å². The van der Waals surface area contributed by atoms with E-state index in [1.807, 2.05) is 39.8 Å². The van der Waals surface area contributed by atoms with Gasteiger partial charge in [-0.3, -0.25) is 10.6 Å². The van der Waals surface area contributed by atoms with Gasteiger partial charge in [0.2, 0.25) is 16.0 Å². The number of alkyl carbamates (subject to hydrolysis) is 2. The molecule has 330 valence electrons. The zero-order chi connectivity index (χ0) is 45.3. The van der Waals surface area contributed by atoms with Gasteiger partial charge in [-0.1, -0.05) is 102 Å². The second-order valence-corrected chi connectivity index (χ2v) is 21.3. The molecule has 0 aliphatic rings. The number of hydrogen-bond acceptors (Lipinski definition) is 10. The van der Waals surface area contributed by atoms with Crippen molar-refractivity contribution in [2.24, 2.45) is 4.99 Å². The number of rotatable bonds is 14. The van der Waals surface area contributed by atoms with Gasteiger partial charge in [0.1, 0.15) is 22.7 Å². The van der Waals surface area contributed by atoms with Crippen molar-refractivity contribution in [3.8, 4) is 11.5 Å². The van der Waals surface area contributed by atoms with Gasteiger partial charge >= 0.3 is 19.8 Å². The van der Waals surface area contributed by atoms with Crippen molar-refractivity contribution >= 4 is 41.5 Å².